The van der Waals surface area contributed by atoms with Crippen LogP contribution in [0.2, 0.25) is 5.02 Å². The predicted octanol–water partition coefficient (Wildman–Crippen LogP) is 3.24. The Hall–Kier alpha value is -3.39. The number of hydrogen-bond donors (Lipinski definition) is 3. The summed E-state index contributed by atoms with van der Waals surface area (Å²) in [6.07, 6.45) is 3.59. The van der Waals surface area contributed by atoms with Crippen LogP contribution >= 0.6 is 11.6 Å². The predicted molar refractivity (Wildman–Crippen MR) is 112 cm³/mol. The summed E-state index contributed by atoms with van der Waals surface area (Å²) in [5.41, 5.74) is 8.37. The van der Waals surface area contributed by atoms with Crippen molar-refractivity contribution in [1.82, 2.24) is 15.3 Å². The third-order valence-electron chi connectivity index (χ3n) is 5.40. The van der Waals surface area contributed by atoms with Gasteiger partial charge in [-0.05, 0) is 29.8 Å². The number of nitrogens with one attached hydrogen (secondary N) is 2. The number of benzene rings is 1. The summed E-state index contributed by atoms with van der Waals surface area (Å²) in [6.45, 7) is -0.0421. The maximum absolute atomic E-state index is 11.1. The van der Waals surface area contributed by atoms with E-state index in [-0.39, 0.29) is 29.5 Å². The van der Waals surface area contributed by atoms with Gasteiger partial charge in [0.1, 0.15) is 24.3 Å². The minimum Gasteiger partial charge on any atom is -0.506 e. The third-order valence-corrected chi connectivity index (χ3v) is 5.71. The van der Waals surface area contributed by atoms with E-state index in [0.717, 1.165) is 27.8 Å². The SMILES string of the molecule is CN1C=C2C3=C(C(CN=O)=NNC31)c1cccnc1NC2c1ccc(O)c(Cl)c1. The molecule has 0 aliphatic carbocycles. The number of nitroso groups, excluding NO2 is 1. The molecule has 4 heterocycles. The van der Waals surface area contributed by atoms with Crippen molar-refractivity contribution in [2.24, 2.45) is 10.3 Å². The summed E-state index contributed by atoms with van der Waals surface area (Å²) in [6, 6.07) is 8.72. The lowest BCUT2D eigenvalue weighted by Gasteiger charge is -2.29. The number of phenols is 1. The molecule has 5 rings (SSSR count). The van der Waals surface area contributed by atoms with Crippen molar-refractivity contribution in [2.75, 3.05) is 18.9 Å². The van der Waals surface area contributed by atoms with Crippen LogP contribution in [0, 0.1) is 4.91 Å². The summed E-state index contributed by atoms with van der Waals surface area (Å²) in [7, 11) is 1.97. The van der Waals surface area contributed by atoms with Gasteiger partial charge < -0.3 is 15.3 Å². The highest BCUT2D eigenvalue weighted by molar-refractivity contribution is 6.32. The molecule has 2 unspecified atom stereocenters. The highest BCUT2D eigenvalue weighted by Crippen LogP contribution is 2.47. The van der Waals surface area contributed by atoms with Gasteiger partial charge in [0.2, 0.25) is 0 Å². The average molecular weight is 409 g/mol. The second-order valence-electron chi connectivity index (χ2n) is 7.10. The van der Waals surface area contributed by atoms with Gasteiger partial charge >= 0.3 is 0 Å². The molecule has 146 valence electrons. The molecule has 3 aliphatic heterocycles. The second kappa shape index (κ2) is 6.59. The number of phenolic OH excluding ortho intramolecular Hbond substituents is 1. The number of pyridine rings is 1. The fraction of sp³-hybridized carbons (Fsp3) is 0.200. The molecule has 2 atom stereocenters. The number of hydrazone groups is 1. The quantitative estimate of drug-likeness (QED) is 0.674. The lowest BCUT2D eigenvalue weighted by atomic mass is 9.87. The number of fused-ring (bicyclic) bond motifs is 2. The number of hydrogen-bond acceptors (Lipinski definition) is 8. The smallest absolute Gasteiger partial charge is 0.142 e. The Balaban J connectivity index is 1.77. The molecular formula is C20H17ClN6O2. The maximum Gasteiger partial charge on any atom is 0.142 e. The highest BCUT2D eigenvalue weighted by atomic mass is 35.5. The Morgan fingerprint density at radius 3 is 3.00 bits per heavy atom. The molecule has 29 heavy (non-hydrogen) atoms. The van der Waals surface area contributed by atoms with Crippen molar-refractivity contribution < 1.29 is 5.11 Å². The Kier molecular flexibility index (Phi) is 4.02. The maximum atomic E-state index is 11.1. The first-order valence-corrected chi connectivity index (χ1v) is 9.46. The first kappa shape index (κ1) is 17.7. The monoisotopic (exact) mass is 408 g/mol. The van der Waals surface area contributed by atoms with Crippen LogP contribution in [0.5, 0.6) is 5.75 Å². The van der Waals surface area contributed by atoms with Gasteiger partial charge in [0, 0.05) is 41.7 Å². The van der Waals surface area contributed by atoms with Gasteiger partial charge in [0.05, 0.1) is 16.8 Å². The summed E-state index contributed by atoms with van der Waals surface area (Å²) in [5, 5.41) is 21.1. The van der Waals surface area contributed by atoms with Crippen LogP contribution < -0.4 is 10.7 Å². The summed E-state index contributed by atoms with van der Waals surface area (Å²) in [5.74, 6) is 0.713. The van der Waals surface area contributed by atoms with Gasteiger partial charge in [0.25, 0.3) is 0 Å². The molecular weight excluding hydrogens is 392 g/mol. The van der Waals surface area contributed by atoms with Crippen molar-refractivity contribution in [3.05, 3.63) is 74.9 Å². The molecule has 0 saturated heterocycles. The number of anilines is 1. The molecule has 1 aromatic carbocycles. The van der Waals surface area contributed by atoms with Gasteiger partial charge in [-0.25, -0.2) is 4.98 Å². The van der Waals surface area contributed by atoms with Crippen LogP contribution in [0.4, 0.5) is 5.82 Å². The number of aromatic hydroxyl groups is 1. The van der Waals surface area contributed by atoms with Crippen LogP contribution in [0.1, 0.15) is 17.2 Å². The van der Waals surface area contributed by atoms with Gasteiger partial charge in [-0.1, -0.05) is 22.8 Å². The summed E-state index contributed by atoms with van der Waals surface area (Å²) >= 11 is 6.19. The number of halogens is 1. The molecule has 8 nitrogen and oxygen atoms in total. The van der Waals surface area contributed by atoms with E-state index in [9.17, 15) is 10.0 Å². The number of aromatic nitrogens is 1. The van der Waals surface area contributed by atoms with Gasteiger partial charge in [-0.3, -0.25) is 5.43 Å². The zero-order valence-electron chi connectivity index (χ0n) is 15.4. The van der Waals surface area contributed by atoms with E-state index in [2.05, 4.69) is 26.0 Å². The van der Waals surface area contributed by atoms with Crippen molar-refractivity contribution in [2.45, 2.75) is 12.2 Å². The standard InChI is InChI=1S/C20H17ClN6O2/c1-27-9-12-17-16(14(8-23-29)25-26-20(17)27)11-3-2-6-22-19(11)24-18(12)10-4-5-15(28)13(21)7-10/h2-7,9,18,20,26,28H,8H2,1H3,(H,22,24). The fourth-order valence-corrected chi connectivity index (χ4v) is 4.31. The first-order valence-electron chi connectivity index (χ1n) is 9.08. The van der Waals surface area contributed by atoms with Gasteiger partial charge in [-0.2, -0.15) is 10.0 Å². The molecule has 9 heteroatoms. The first-order chi connectivity index (χ1) is 14.1. The van der Waals surface area contributed by atoms with Crippen molar-refractivity contribution in [3.8, 4) is 5.75 Å². The Labute approximate surface area is 171 Å². The average Bonchev–Trinajstić information content (AvgIpc) is 2.97. The highest BCUT2D eigenvalue weighted by Gasteiger charge is 2.41. The fourth-order valence-electron chi connectivity index (χ4n) is 4.12. The molecule has 0 saturated carbocycles. The van der Waals surface area contributed by atoms with E-state index in [4.69, 9.17) is 11.6 Å². The van der Waals surface area contributed by atoms with E-state index >= 15 is 0 Å². The Bertz CT molecular complexity index is 1130. The molecule has 3 aliphatic rings. The van der Waals surface area contributed by atoms with Crippen LogP contribution in [-0.2, 0) is 0 Å². The molecule has 3 N–H and O–H groups in total. The summed E-state index contributed by atoms with van der Waals surface area (Å²) in [4.78, 5) is 17.6. The van der Waals surface area contributed by atoms with Gasteiger partial charge in [0.15, 0.2) is 0 Å². The Morgan fingerprint density at radius 1 is 1.34 bits per heavy atom. The molecule has 0 fully saturated rings. The van der Waals surface area contributed by atoms with Crippen molar-refractivity contribution in [3.63, 3.8) is 0 Å². The lowest BCUT2D eigenvalue weighted by molar-refractivity contribution is 0.340. The van der Waals surface area contributed by atoms with Crippen molar-refractivity contribution >= 4 is 28.7 Å². The minimum atomic E-state index is -0.257. The largest absolute Gasteiger partial charge is 0.506 e. The minimum absolute atomic E-state index is 0.0312. The molecule has 1 aromatic heterocycles. The number of likely N-dealkylation sites (N-methyl/N-ethyl adjacent to an activating group) is 1. The molecule has 0 spiro atoms. The van der Waals surface area contributed by atoms with Crippen LogP contribution in [-0.4, -0.2) is 40.5 Å². The third kappa shape index (κ3) is 2.67. The van der Waals surface area contributed by atoms with E-state index < -0.39 is 0 Å². The van der Waals surface area contributed by atoms with Crippen molar-refractivity contribution in [1.29, 1.82) is 0 Å². The topological polar surface area (TPSA) is 102 Å². The summed E-state index contributed by atoms with van der Waals surface area (Å²) < 4.78 is 0. The van der Waals surface area contributed by atoms with E-state index in [1.807, 2.05) is 36.3 Å². The van der Waals surface area contributed by atoms with Crippen LogP contribution in [0.15, 0.2) is 64.2 Å². The molecule has 0 amide bonds. The molecule has 2 aromatic rings. The molecule has 0 radical (unpaired) electrons. The second-order valence-corrected chi connectivity index (χ2v) is 7.51. The number of nitrogens with zero attached hydrogens (tertiary/aromatic N) is 4. The zero-order chi connectivity index (χ0) is 20.1. The zero-order valence-corrected chi connectivity index (χ0v) is 16.2. The lowest BCUT2D eigenvalue weighted by Crippen LogP contribution is -2.40. The van der Waals surface area contributed by atoms with Crippen LogP contribution in [0.25, 0.3) is 5.57 Å². The van der Waals surface area contributed by atoms with Gasteiger partial charge in [-0.15, -0.1) is 0 Å². The van der Waals surface area contributed by atoms with Crippen LogP contribution in [0.3, 0.4) is 0 Å². The van der Waals surface area contributed by atoms with E-state index in [1.54, 1.807) is 18.3 Å². The molecule has 0 bridgehead atoms. The van der Waals surface area contributed by atoms with E-state index in [1.165, 1.54) is 0 Å². The Morgan fingerprint density at radius 2 is 2.21 bits per heavy atom. The number of rotatable bonds is 3. The normalized spacial score (nSPS) is 21.9. The van der Waals surface area contributed by atoms with E-state index in [0.29, 0.717) is 11.5 Å².